The lowest BCUT2D eigenvalue weighted by Gasteiger charge is -2.18. The molecule has 1 saturated heterocycles. The van der Waals surface area contributed by atoms with Gasteiger partial charge in [0.25, 0.3) is 0 Å². The Hall–Kier alpha value is -3.01. The van der Waals surface area contributed by atoms with E-state index in [1.807, 2.05) is 54.6 Å². The van der Waals surface area contributed by atoms with Gasteiger partial charge in [0.05, 0.1) is 5.69 Å². The van der Waals surface area contributed by atoms with Crippen molar-refractivity contribution in [2.45, 2.75) is 12.8 Å². The maximum Gasteiger partial charge on any atom is 0.323 e. The molecular formula is C21H21N3O. The summed E-state index contributed by atoms with van der Waals surface area (Å²) in [5, 5.41) is 7.99. The van der Waals surface area contributed by atoms with Gasteiger partial charge in [-0.2, -0.15) is 0 Å². The number of nitrogens with one attached hydrogen (secondary N) is 2. The Morgan fingerprint density at radius 2 is 1.52 bits per heavy atom. The summed E-state index contributed by atoms with van der Waals surface area (Å²) in [7, 11) is 0. The molecule has 3 aromatic carbocycles. The summed E-state index contributed by atoms with van der Waals surface area (Å²) < 4.78 is 0. The first kappa shape index (κ1) is 15.5. The molecule has 0 aliphatic carbocycles. The van der Waals surface area contributed by atoms with Crippen molar-refractivity contribution in [1.82, 2.24) is 0 Å². The molecule has 1 aliphatic rings. The Labute approximate surface area is 147 Å². The zero-order valence-corrected chi connectivity index (χ0v) is 14.0. The molecule has 2 amide bonds. The van der Waals surface area contributed by atoms with Crippen LogP contribution in [0.5, 0.6) is 0 Å². The standard InChI is InChI=1S/C21H21N3O/c25-21(23-20-9-5-7-16-6-1-2-8-19(16)20)22-17-10-12-18(13-11-17)24-14-3-4-15-24/h1-2,5-13H,3-4,14-15H2,(H2,22,23,25). The highest BCUT2D eigenvalue weighted by molar-refractivity contribution is 6.06. The Bertz CT molecular complexity index is 878. The number of rotatable bonds is 3. The summed E-state index contributed by atoms with van der Waals surface area (Å²) >= 11 is 0. The van der Waals surface area contributed by atoms with Gasteiger partial charge >= 0.3 is 6.03 Å². The van der Waals surface area contributed by atoms with Crippen LogP contribution in [-0.2, 0) is 0 Å². The fourth-order valence-corrected chi connectivity index (χ4v) is 3.35. The van der Waals surface area contributed by atoms with E-state index >= 15 is 0 Å². The lowest BCUT2D eigenvalue weighted by Crippen LogP contribution is -2.20. The molecule has 1 fully saturated rings. The fourth-order valence-electron chi connectivity index (χ4n) is 3.35. The summed E-state index contributed by atoms with van der Waals surface area (Å²) in [4.78, 5) is 14.7. The summed E-state index contributed by atoms with van der Waals surface area (Å²) in [6, 6.07) is 21.7. The minimum atomic E-state index is -0.231. The number of hydrogen-bond acceptors (Lipinski definition) is 2. The van der Waals surface area contributed by atoms with E-state index in [2.05, 4.69) is 27.7 Å². The van der Waals surface area contributed by atoms with Crippen molar-refractivity contribution in [3.05, 3.63) is 66.7 Å². The highest BCUT2D eigenvalue weighted by atomic mass is 16.2. The molecule has 126 valence electrons. The quantitative estimate of drug-likeness (QED) is 0.702. The SMILES string of the molecule is O=C(Nc1ccc(N2CCCC2)cc1)Nc1cccc2ccccc12. The fraction of sp³-hybridized carbons (Fsp3) is 0.190. The van der Waals surface area contributed by atoms with Gasteiger partial charge in [-0.1, -0.05) is 36.4 Å². The Morgan fingerprint density at radius 1 is 0.800 bits per heavy atom. The number of hydrogen-bond donors (Lipinski definition) is 2. The van der Waals surface area contributed by atoms with E-state index in [0.29, 0.717) is 0 Å². The Morgan fingerprint density at radius 3 is 2.32 bits per heavy atom. The number of fused-ring (bicyclic) bond motifs is 1. The molecule has 3 aromatic rings. The van der Waals surface area contributed by atoms with Crippen LogP contribution < -0.4 is 15.5 Å². The van der Waals surface area contributed by atoms with E-state index in [4.69, 9.17) is 0 Å². The molecule has 2 N–H and O–H groups in total. The normalized spacial score (nSPS) is 13.8. The molecule has 4 heteroatoms. The number of carbonyl (C=O) groups is 1. The zero-order valence-electron chi connectivity index (χ0n) is 14.0. The van der Waals surface area contributed by atoms with Crippen molar-refractivity contribution in [3.63, 3.8) is 0 Å². The molecule has 0 atom stereocenters. The number of urea groups is 1. The minimum absolute atomic E-state index is 0.231. The third kappa shape index (κ3) is 3.43. The van der Waals surface area contributed by atoms with Gasteiger partial charge in [0, 0.05) is 29.9 Å². The average Bonchev–Trinajstić information content (AvgIpc) is 3.17. The first-order valence-corrected chi connectivity index (χ1v) is 8.70. The predicted molar refractivity (Wildman–Crippen MR) is 104 cm³/mol. The third-order valence-corrected chi connectivity index (χ3v) is 4.63. The maximum atomic E-state index is 12.3. The van der Waals surface area contributed by atoms with Crippen LogP contribution in [0.1, 0.15) is 12.8 Å². The number of amides is 2. The van der Waals surface area contributed by atoms with Gasteiger partial charge in [-0.15, -0.1) is 0 Å². The number of benzene rings is 3. The second kappa shape index (κ2) is 6.85. The van der Waals surface area contributed by atoms with Crippen LogP contribution in [0.15, 0.2) is 66.7 Å². The number of nitrogens with zero attached hydrogens (tertiary/aromatic N) is 1. The monoisotopic (exact) mass is 331 g/mol. The van der Waals surface area contributed by atoms with Gasteiger partial charge in [0.15, 0.2) is 0 Å². The topological polar surface area (TPSA) is 44.4 Å². The molecule has 25 heavy (non-hydrogen) atoms. The van der Waals surface area contributed by atoms with Gasteiger partial charge in [-0.25, -0.2) is 4.79 Å². The molecule has 0 radical (unpaired) electrons. The van der Waals surface area contributed by atoms with Crippen LogP contribution in [-0.4, -0.2) is 19.1 Å². The maximum absolute atomic E-state index is 12.3. The third-order valence-electron chi connectivity index (χ3n) is 4.63. The molecule has 0 bridgehead atoms. The van der Waals surface area contributed by atoms with Crippen LogP contribution in [0, 0.1) is 0 Å². The first-order chi connectivity index (χ1) is 12.3. The van der Waals surface area contributed by atoms with Gasteiger partial charge in [-0.05, 0) is 48.6 Å². The van der Waals surface area contributed by atoms with Crippen LogP contribution in [0.25, 0.3) is 10.8 Å². The summed E-state index contributed by atoms with van der Waals surface area (Å²) in [5.41, 5.74) is 2.82. The molecule has 0 aromatic heterocycles. The van der Waals surface area contributed by atoms with Crippen LogP contribution in [0.3, 0.4) is 0 Å². The van der Waals surface area contributed by atoms with E-state index < -0.39 is 0 Å². The van der Waals surface area contributed by atoms with Gasteiger partial charge in [-0.3, -0.25) is 0 Å². The number of carbonyl (C=O) groups excluding carboxylic acids is 1. The molecule has 0 unspecified atom stereocenters. The van der Waals surface area contributed by atoms with Crippen LogP contribution in [0.4, 0.5) is 21.9 Å². The second-order valence-electron chi connectivity index (χ2n) is 6.35. The summed E-state index contributed by atoms with van der Waals surface area (Å²) in [6.07, 6.45) is 2.51. The summed E-state index contributed by atoms with van der Waals surface area (Å²) in [5.74, 6) is 0. The smallest absolute Gasteiger partial charge is 0.323 e. The van der Waals surface area contributed by atoms with Crippen molar-refractivity contribution in [2.75, 3.05) is 28.6 Å². The minimum Gasteiger partial charge on any atom is -0.372 e. The lowest BCUT2D eigenvalue weighted by molar-refractivity contribution is 0.262. The second-order valence-corrected chi connectivity index (χ2v) is 6.35. The van der Waals surface area contributed by atoms with Crippen molar-refractivity contribution >= 4 is 33.9 Å². The molecule has 4 nitrogen and oxygen atoms in total. The summed E-state index contributed by atoms with van der Waals surface area (Å²) in [6.45, 7) is 2.24. The van der Waals surface area contributed by atoms with Crippen molar-refractivity contribution in [2.24, 2.45) is 0 Å². The molecule has 4 rings (SSSR count). The lowest BCUT2D eigenvalue weighted by atomic mass is 10.1. The van der Waals surface area contributed by atoms with Gasteiger partial charge in [0.2, 0.25) is 0 Å². The van der Waals surface area contributed by atoms with E-state index in [1.165, 1.54) is 18.5 Å². The highest BCUT2D eigenvalue weighted by Crippen LogP contribution is 2.24. The van der Waals surface area contributed by atoms with Crippen LogP contribution >= 0.6 is 0 Å². The molecular weight excluding hydrogens is 310 g/mol. The van der Waals surface area contributed by atoms with E-state index in [0.717, 1.165) is 35.2 Å². The van der Waals surface area contributed by atoms with Crippen molar-refractivity contribution in [1.29, 1.82) is 0 Å². The van der Waals surface area contributed by atoms with E-state index in [9.17, 15) is 4.79 Å². The largest absolute Gasteiger partial charge is 0.372 e. The van der Waals surface area contributed by atoms with E-state index in [-0.39, 0.29) is 6.03 Å². The molecule has 0 spiro atoms. The Kier molecular flexibility index (Phi) is 4.25. The zero-order chi connectivity index (χ0) is 17.1. The first-order valence-electron chi connectivity index (χ1n) is 8.70. The van der Waals surface area contributed by atoms with Crippen LogP contribution in [0.2, 0.25) is 0 Å². The van der Waals surface area contributed by atoms with E-state index in [1.54, 1.807) is 0 Å². The Balaban J connectivity index is 1.44. The average molecular weight is 331 g/mol. The van der Waals surface area contributed by atoms with Gasteiger partial charge < -0.3 is 15.5 Å². The molecule has 1 heterocycles. The number of anilines is 3. The van der Waals surface area contributed by atoms with Gasteiger partial charge in [0.1, 0.15) is 0 Å². The predicted octanol–water partition coefficient (Wildman–Crippen LogP) is 5.08. The molecule has 0 saturated carbocycles. The van der Waals surface area contributed by atoms with Crippen molar-refractivity contribution < 1.29 is 4.79 Å². The van der Waals surface area contributed by atoms with Crippen molar-refractivity contribution in [3.8, 4) is 0 Å². The molecule has 1 aliphatic heterocycles. The highest BCUT2D eigenvalue weighted by Gasteiger charge is 2.12.